The van der Waals surface area contributed by atoms with Gasteiger partial charge in [-0.15, -0.1) is 11.3 Å². The molecule has 0 amide bonds. The van der Waals surface area contributed by atoms with Gasteiger partial charge in [-0.1, -0.05) is 6.92 Å². The summed E-state index contributed by atoms with van der Waals surface area (Å²) in [5, 5.41) is 3.67. The van der Waals surface area contributed by atoms with E-state index in [-0.39, 0.29) is 6.61 Å². The van der Waals surface area contributed by atoms with E-state index in [9.17, 15) is 13.2 Å². The molecule has 0 unspecified atom stereocenters. The second kappa shape index (κ2) is 6.17. The van der Waals surface area contributed by atoms with Gasteiger partial charge in [-0.3, -0.25) is 0 Å². The largest absolute Gasteiger partial charge is 0.411 e. The number of thiazole rings is 1. The molecule has 0 saturated heterocycles. The fourth-order valence-corrected chi connectivity index (χ4v) is 1.83. The topological polar surface area (TPSA) is 34.2 Å². The zero-order chi connectivity index (χ0) is 12.0. The molecule has 1 aromatic rings. The number of halogens is 3. The van der Waals surface area contributed by atoms with Crippen LogP contribution < -0.4 is 5.32 Å². The molecule has 0 aromatic carbocycles. The van der Waals surface area contributed by atoms with Crippen molar-refractivity contribution < 1.29 is 17.9 Å². The van der Waals surface area contributed by atoms with E-state index in [1.165, 1.54) is 11.3 Å². The number of aromatic nitrogens is 1. The molecule has 1 rings (SSSR count). The lowest BCUT2D eigenvalue weighted by atomic mass is 10.5. The molecule has 0 aliphatic rings. The van der Waals surface area contributed by atoms with E-state index in [1.807, 2.05) is 6.92 Å². The Kier molecular flexibility index (Phi) is 5.17. The first kappa shape index (κ1) is 13.4. The van der Waals surface area contributed by atoms with E-state index in [0.717, 1.165) is 11.4 Å². The van der Waals surface area contributed by atoms with E-state index in [2.05, 4.69) is 15.0 Å². The van der Waals surface area contributed by atoms with E-state index >= 15 is 0 Å². The predicted molar refractivity (Wildman–Crippen MR) is 55.2 cm³/mol. The molecule has 0 spiro atoms. The van der Waals surface area contributed by atoms with Crippen molar-refractivity contribution in [1.82, 2.24) is 10.3 Å². The van der Waals surface area contributed by atoms with Gasteiger partial charge >= 0.3 is 6.18 Å². The second-order valence-electron chi connectivity index (χ2n) is 3.11. The Morgan fingerprint density at radius 3 is 2.88 bits per heavy atom. The van der Waals surface area contributed by atoms with Gasteiger partial charge in [-0.2, -0.15) is 13.2 Å². The summed E-state index contributed by atoms with van der Waals surface area (Å²) in [4.78, 5) is 4.97. The number of alkyl halides is 3. The molecule has 3 nitrogen and oxygen atoms in total. The number of hydrogen-bond donors (Lipinski definition) is 1. The van der Waals surface area contributed by atoms with Gasteiger partial charge in [-0.25, -0.2) is 4.98 Å². The van der Waals surface area contributed by atoms with Crippen molar-refractivity contribution in [3.63, 3.8) is 0 Å². The lowest BCUT2D eigenvalue weighted by Crippen LogP contribution is -2.16. The van der Waals surface area contributed by atoms with Gasteiger partial charge in [0.05, 0.1) is 6.61 Å². The molecule has 0 atom stereocenters. The molecule has 7 heteroatoms. The third kappa shape index (κ3) is 5.43. The molecule has 1 N–H and O–H groups in total. The molecule has 0 aliphatic heterocycles. The van der Waals surface area contributed by atoms with Gasteiger partial charge in [0.25, 0.3) is 0 Å². The highest BCUT2D eigenvalue weighted by Crippen LogP contribution is 2.17. The third-order valence-corrected chi connectivity index (χ3v) is 2.61. The number of rotatable bonds is 6. The maximum atomic E-state index is 11.8. The summed E-state index contributed by atoms with van der Waals surface area (Å²) >= 11 is 1.36. The van der Waals surface area contributed by atoms with Crippen molar-refractivity contribution in [2.45, 2.75) is 26.3 Å². The summed E-state index contributed by atoms with van der Waals surface area (Å²) in [7, 11) is 0. The van der Waals surface area contributed by atoms with Crippen LogP contribution in [0.25, 0.3) is 0 Å². The molecule has 92 valence electrons. The van der Waals surface area contributed by atoms with Crippen LogP contribution in [0.1, 0.15) is 16.8 Å². The van der Waals surface area contributed by atoms with Gasteiger partial charge in [0.1, 0.15) is 11.6 Å². The fraction of sp³-hybridized carbons (Fsp3) is 0.667. The third-order valence-electron chi connectivity index (χ3n) is 1.64. The summed E-state index contributed by atoms with van der Waals surface area (Å²) in [6.45, 7) is 2.20. The molecule has 0 aliphatic carbocycles. The van der Waals surface area contributed by atoms with E-state index in [4.69, 9.17) is 0 Å². The predicted octanol–water partition coefficient (Wildman–Crippen LogP) is 2.33. The van der Waals surface area contributed by atoms with Gasteiger partial charge < -0.3 is 10.1 Å². The van der Waals surface area contributed by atoms with Crippen LogP contribution >= 0.6 is 11.3 Å². The maximum Gasteiger partial charge on any atom is 0.411 e. The molecule has 0 fully saturated rings. The van der Waals surface area contributed by atoms with Crippen LogP contribution in [0.4, 0.5) is 13.2 Å². The normalized spacial score (nSPS) is 12.0. The maximum absolute atomic E-state index is 11.8. The van der Waals surface area contributed by atoms with Crippen molar-refractivity contribution in [1.29, 1.82) is 0 Å². The van der Waals surface area contributed by atoms with Crippen LogP contribution in [0.2, 0.25) is 0 Å². The number of hydrogen-bond acceptors (Lipinski definition) is 4. The Morgan fingerprint density at radius 1 is 1.50 bits per heavy atom. The van der Waals surface area contributed by atoms with Gasteiger partial charge in [0.2, 0.25) is 0 Å². The Labute approximate surface area is 95.6 Å². The van der Waals surface area contributed by atoms with Crippen molar-refractivity contribution in [2.75, 3.05) is 13.2 Å². The molecule has 0 radical (unpaired) electrons. The van der Waals surface area contributed by atoms with Crippen LogP contribution in [0.5, 0.6) is 0 Å². The van der Waals surface area contributed by atoms with Crippen molar-refractivity contribution in [2.24, 2.45) is 0 Å². The van der Waals surface area contributed by atoms with Crippen LogP contribution in [0.3, 0.4) is 0 Å². The summed E-state index contributed by atoms with van der Waals surface area (Å²) in [6, 6.07) is 0. The zero-order valence-corrected chi connectivity index (χ0v) is 9.62. The van der Waals surface area contributed by atoms with Crippen molar-refractivity contribution >= 4 is 11.3 Å². The summed E-state index contributed by atoms with van der Waals surface area (Å²) in [5.41, 5.74) is 0. The van der Waals surface area contributed by atoms with Crippen LogP contribution in [-0.4, -0.2) is 24.3 Å². The number of ether oxygens (including phenoxy) is 1. The molecular formula is C9H13F3N2OS. The minimum atomic E-state index is -4.27. The summed E-state index contributed by atoms with van der Waals surface area (Å²) in [6.07, 6.45) is -2.62. The first-order valence-corrected chi connectivity index (χ1v) is 5.61. The average molecular weight is 254 g/mol. The Bertz CT molecular complexity index is 314. The minimum Gasteiger partial charge on any atom is -0.365 e. The first-order valence-electron chi connectivity index (χ1n) is 4.80. The van der Waals surface area contributed by atoms with E-state index in [0.29, 0.717) is 11.6 Å². The molecule has 0 bridgehead atoms. The smallest absolute Gasteiger partial charge is 0.365 e. The van der Waals surface area contributed by atoms with Gasteiger partial charge in [-0.05, 0) is 6.54 Å². The zero-order valence-electron chi connectivity index (χ0n) is 8.80. The quantitative estimate of drug-likeness (QED) is 0.846. The van der Waals surface area contributed by atoms with Crippen molar-refractivity contribution in [3.05, 3.63) is 16.1 Å². The highest BCUT2D eigenvalue weighted by Gasteiger charge is 2.27. The number of nitrogens with zero attached hydrogens (tertiary/aromatic N) is 1. The lowest BCUT2D eigenvalue weighted by molar-refractivity contribution is -0.176. The monoisotopic (exact) mass is 254 g/mol. The Morgan fingerprint density at radius 2 is 2.25 bits per heavy atom. The van der Waals surface area contributed by atoms with E-state index < -0.39 is 12.8 Å². The van der Waals surface area contributed by atoms with Crippen LogP contribution in [-0.2, 0) is 17.9 Å². The molecule has 1 heterocycles. The molecular weight excluding hydrogens is 241 g/mol. The molecule has 0 saturated carbocycles. The highest BCUT2D eigenvalue weighted by atomic mass is 32.1. The van der Waals surface area contributed by atoms with Crippen LogP contribution in [0, 0.1) is 0 Å². The first-order chi connectivity index (χ1) is 7.51. The Hall–Kier alpha value is -0.660. The lowest BCUT2D eigenvalue weighted by Gasteiger charge is -2.05. The summed E-state index contributed by atoms with van der Waals surface area (Å²) < 4.78 is 39.8. The average Bonchev–Trinajstić information content (AvgIpc) is 2.61. The van der Waals surface area contributed by atoms with E-state index in [1.54, 1.807) is 6.20 Å². The van der Waals surface area contributed by atoms with Gasteiger partial charge in [0, 0.05) is 17.6 Å². The standard InChI is InChI=1S/C9H13F3N2OS/c1-2-13-3-7-4-14-8(16-7)5-15-6-9(10,11)12/h4,13H,2-3,5-6H2,1H3. The van der Waals surface area contributed by atoms with Crippen molar-refractivity contribution in [3.8, 4) is 0 Å². The van der Waals surface area contributed by atoms with Crippen LogP contribution in [0.15, 0.2) is 6.20 Å². The minimum absolute atomic E-state index is 0.0870. The second-order valence-corrected chi connectivity index (χ2v) is 4.31. The highest BCUT2D eigenvalue weighted by molar-refractivity contribution is 7.11. The summed E-state index contributed by atoms with van der Waals surface area (Å²) in [5.74, 6) is 0. The van der Waals surface area contributed by atoms with Gasteiger partial charge in [0.15, 0.2) is 0 Å². The molecule has 1 aromatic heterocycles. The fourth-order valence-electron chi connectivity index (χ4n) is 0.999. The number of nitrogens with one attached hydrogen (secondary N) is 1. The SMILES string of the molecule is CCNCc1cnc(COCC(F)(F)F)s1. The Balaban J connectivity index is 2.29. The molecule has 16 heavy (non-hydrogen) atoms.